The highest BCUT2D eigenvalue weighted by atomic mass is 16.5. The van der Waals surface area contributed by atoms with E-state index in [1.807, 2.05) is 12.1 Å². The Bertz CT molecular complexity index is 396. The molecule has 1 aromatic carbocycles. The van der Waals surface area contributed by atoms with E-state index in [0.717, 1.165) is 18.6 Å². The second kappa shape index (κ2) is 4.02. The Morgan fingerprint density at radius 3 is 2.12 bits per heavy atom. The van der Waals surface area contributed by atoms with Crippen molar-refractivity contribution in [1.82, 2.24) is 0 Å². The Balaban J connectivity index is 1.95. The van der Waals surface area contributed by atoms with Crippen LogP contribution in [-0.2, 0) is 6.42 Å². The van der Waals surface area contributed by atoms with Crippen molar-refractivity contribution < 1.29 is 4.74 Å². The van der Waals surface area contributed by atoms with E-state index in [1.165, 1.54) is 5.56 Å². The molecule has 0 radical (unpaired) electrons. The lowest BCUT2D eigenvalue weighted by Crippen LogP contribution is -2.11. The van der Waals surface area contributed by atoms with Crippen molar-refractivity contribution in [2.24, 2.45) is 16.6 Å². The van der Waals surface area contributed by atoms with Crippen LogP contribution >= 0.6 is 0 Å². The Morgan fingerprint density at radius 2 is 1.71 bits per heavy atom. The summed E-state index contributed by atoms with van der Waals surface area (Å²) in [4.78, 5) is 0. The number of methoxy groups -OCH3 is 1. The summed E-state index contributed by atoms with van der Waals surface area (Å²) in [6.45, 7) is 6.85. The lowest BCUT2D eigenvalue weighted by atomic mass is 9.91. The maximum Gasteiger partial charge on any atom is 0.118 e. The van der Waals surface area contributed by atoms with E-state index in [1.54, 1.807) is 7.11 Å². The van der Waals surface area contributed by atoms with Crippen LogP contribution in [0.25, 0.3) is 0 Å². The van der Waals surface area contributed by atoms with Gasteiger partial charge in [0.1, 0.15) is 5.75 Å². The van der Waals surface area contributed by atoms with Crippen LogP contribution in [0, 0.1) is 10.8 Å². The van der Waals surface area contributed by atoms with Gasteiger partial charge in [0.25, 0.3) is 0 Å². The Morgan fingerprint density at radius 1 is 1.18 bits per heavy atom. The maximum absolute atomic E-state index is 6.17. The van der Waals surface area contributed by atoms with Gasteiger partial charge in [-0.15, -0.1) is 0 Å². The highest BCUT2D eigenvalue weighted by molar-refractivity contribution is 5.28. The molecule has 0 bridgehead atoms. The van der Waals surface area contributed by atoms with Gasteiger partial charge in [0.2, 0.25) is 0 Å². The number of nitrogens with two attached hydrogens (primary N) is 1. The minimum atomic E-state index is 0.291. The number of benzene rings is 1. The predicted octanol–water partition coefficient (Wildman–Crippen LogP) is 3.00. The Kier molecular flexibility index (Phi) is 2.94. The van der Waals surface area contributed by atoms with Gasteiger partial charge >= 0.3 is 0 Å². The third-order valence-electron chi connectivity index (χ3n) is 4.94. The number of rotatable bonds is 4. The minimum absolute atomic E-state index is 0.291. The van der Waals surface area contributed by atoms with Crippen LogP contribution in [0.3, 0.4) is 0 Å². The van der Waals surface area contributed by atoms with Gasteiger partial charge in [-0.25, -0.2) is 0 Å². The maximum atomic E-state index is 6.17. The Hall–Kier alpha value is -1.02. The zero-order valence-electron chi connectivity index (χ0n) is 11.3. The molecule has 2 atom stereocenters. The quantitative estimate of drug-likeness (QED) is 0.867. The molecule has 2 heteroatoms. The fraction of sp³-hybridized carbons (Fsp3) is 0.600. The van der Waals surface area contributed by atoms with Crippen LogP contribution in [0.15, 0.2) is 24.3 Å². The number of aryl methyl sites for hydroxylation is 1. The molecular formula is C15H23NO. The number of hydrogen-bond donors (Lipinski definition) is 1. The molecule has 0 spiro atoms. The van der Waals surface area contributed by atoms with E-state index in [-0.39, 0.29) is 0 Å². The fourth-order valence-corrected chi connectivity index (χ4v) is 2.79. The largest absolute Gasteiger partial charge is 0.497 e. The molecule has 0 aliphatic heterocycles. The second-order valence-corrected chi connectivity index (χ2v) is 5.96. The average Bonchev–Trinajstić information content (AvgIpc) is 2.72. The first-order valence-electron chi connectivity index (χ1n) is 6.30. The van der Waals surface area contributed by atoms with Gasteiger partial charge in [-0.05, 0) is 41.4 Å². The molecule has 17 heavy (non-hydrogen) atoms. The van der Waals surface area contributed by atoms with Crippen LogP contribution in [0.4, 0.5) is 0 Å². The standard InChI is InChI=1S/C15H23NO/c1-14(2)13(16)15(14,3)10-9-11-5-7-12(17-4)8-6-11/h5-8,13H,9-10,16H2,1-4H3. The second-order valence-electron chi connectivity index (χ2n) is 5.96. The van der Waals surface area contributed by atoms with Crippen LogP contribution in [-0.4, -0.2) is 13.2 Å². The van der Waals surface area contributed by atoms with Crippen molar-refractivity contribution in [3.63, 3.8) is 0 Å². The van der Waals surface area contributed by atoms with Gasteiger partial charge in [-0.3, -0.25) is 0 Å². The molecule has 94 valence electrons. The van der Waals surface area contributed by atoms with Crippen LogP contribution < -0.4 is 10.5 Å². The molecular weight excluding hydrogens is 210 g/mol. The van der Waals surface area contributed by atoms with Gasteiger partial charge in [-0.1, -0.05) is 32.9 Å². The van der Waals surface area contributed by atoms with E-state index in [4.69, 9.17) is 10.5 Å². The third-order valence-corrected chi connectivity index (χ3v) is 4.94. The van der Waals surface area contributed by atoms with Gasteiger partial charge in [0.05, 0.1) is 7.11 Å². The molecule has 2 rings (SSSR count). The molecule has 2 nitrogen and oxygen atoms in total. The van der Waals surface area contributed by atoms with Gasteiger partial charge in [0.15, 0.2) is 0 Å². The SMILES string of the molecule is COc1ccc(CCC2(C)C(N)C2(C)C)cc1. The summed E-state index contributed by atoms with van der Waals surface area (Å²) in [6.07, 6.45) is 2.26. The van der Waals surface area contributed by atoms with Crippen LogP contribution in [0.5, 0.6) is 5.75 Å². The highest BCUT2D eigenvalue weighted by Gasteiger charge is 2.65. The van der Waals surface area contributed by atoms with E-state index in [0.29, 0.717) is 16.9 Å². The smallest absolute Gasteiger partial charge is 0.118 e. The summed E-state index contributed by atoms with van der Waals surface area (Å²) in [6, 6.07) is 8.67. The molecule has 1 aliphatic rings. The average molecular weight is 233 g/mol. The van der Waals surface area contributed by atoms with Gasteiger partial charge in [-0.2, -0.15) is 0 Å². The molecule has 1 aliphatic carbocycles. The van der Waals surface area contributed by atoms with Gasteiger partial charge < -0.3 is 10.5 Å². The van der Waals surface area contributed by atoms with Crippen molar-refractivity contribution in [1.29, 1.82) is 0 Å². The molecule has 0 aromatic heterocycles. The number of hydrogen-bond acceptors (Lipinski definition) is 2. The van der Waals surface area contributed by atoms with Crippen molar-refractivity contribution in [3.8, 4) is 5.75 Å². The predicted molar refractivity (Wildman–Crippen MR) is 71.2 cm³/mol. The highest BCUT2D eigenvalue weighted by Crippen LogP contribution is 2.64. The first kappa shape index (κ1) is 12.4. The zero-order valence-corrected chi connectivity index (χ0v) is 11.3. The molecule has 2 N–H and O–H groups in total. The van der Waals surface area contributed by atoms with E-state index in [2.05, 4.69) is 32.9 Å². The lowest BCUT2D eigenvalue weighted by molar-refractivity contribution is 0.389. The molecule has 1 saturated carbocycles. The molecule has 0 saturated heterocycles. The summed E-state index contributed by atoms with van der Waals surface area (Å²) < 4.78 is 5.16. The van der Waals surface area contributed by atoms with Crippen molar-refractivity contribution in [2.45, 2.75) is 39.7 Å². The fourth-order valence-electron chi connectivity index (χ4n) is 2.79. The first-order valence-corrected chi connectivity index (χ1v) is 6.30. The summed E-state index contributed by atoms with van der Waals surface area (Å²) in [5.74, 6) is 0.920. The Labute approximate surface area is 104 Å². The first-order chi connectivity index (χ1) is 7.91. The van der Waals surface area contributed by atoms with Crippen molar-refractivity contribution in [3.05, 3.63) is 29.8 Å². The van der Waals surface area contributed by atoms with Gasteiger partial charge in [0, 0.05) is 6.04 Å². The minimum Gasteiger partial charge on any atom is -0.497 e. The molecule has 1 aromatic rings. The van der Waals surface area contributed by atoms with Crippen molar-refractivity contribution >= 4 is 0 Å². The molecule has 0 amide bonds. The molecule has 1 fully saturated rings. The monoisotopic (exact) mass is 233 g/mol. The van der Waals surface area contributed by atoms with E-state index >= 15 is 0 Å². The molecule has 0 heterocycles. The van der Waals surface area contributed by atoms with Crippen molar-refractivity contribution in [2.75, 3.05) is 7.11 Å². The normalized spacial score (nSPS) is 30.1. The number of ether oxygens (including phenoxy) is 1. The third kappa shape index (κ3) is 1.95. The zero-order chi connectivity index (χ0) is 12.7. The van der Waals surface area contributed by atoms with E-state index in [9.17, 15) is 0 Å². The van der Waals surface area contributed by atoms with Crippen LogP contribution in [0.1, 0.15) is 32.8 Å². The van der Waals surface area contributed by atoms with Crippen LogP contribution in [0.2, 0.25) is 0 Å². The lowest BCUT2D eigenvalue weighted by Gasteiger charge is -2.14. The summed E-state index contributed by atoms with van der Waals surface area (Å²) in [5.41, 5.74) is 8.12. The summed E-state index contributed by atoms with van der Waals surface area (Å²) in [7, 11) is 1.70. The molecule has 2 unspecified atom stereocenters. The van der Waals surface area contributed by atoms with E-state index < -0.39 is 0 Å². The summed E-state index contributed by atoms with van der Waals surface area (Å²) >= 11 is 0. The summed E-state index contributed by atoms with van der Waals surface area (Å²) in [5, 5.41) is 0. The topological polar surface area (TPSA) is 35.2 Å².